The monoisotopic (exact) mass is 319 g/mol. The Kier molecular flexibility index (Phi) is 3.16. The Balaban J connectivity index is 1.80. The lowest BCUT2D eigenvalue weighted by atomic mass is 10.1. The Hall–Kier alpha value is -3.41. The normalized spacial score (nSPS) is 11.0. The Morgan fingerprint density at radius 3 is 2.67 bits per heavy atom. The molecule has 0 saturated heterocycles. The van der Waals surface area contributed by atoms with Crippen LogP contribution in [0.3, 0.4) is 0 Å². The van der Waals surface area contributed by atoms with Gasteiger partial charge in [0.05, 0.1) is 6.20 Å². The molecule has 0 radical (unpaired) electrons. The van der Waals surface area contributed by atoms with Crippen molar-refractivity contribution in [2.24, 2.45) is 0 Å². The predicted octanol–water partition coefficient (Wildman–Crippen LogP) is 3.05. The van der Waals surface area contributed by atoms with Crippen LogP contribution < -0.4 is 5.63 Å². The standard InChI is InChI=1S/C18H13N3O3/c1-11-2-4-12(5-3-11)15-10-21(20-19-15)16-8-13-6-7-14(22)9-17(13)24-18(16)23/h2-10,22H,1H3. The molecule has 0 fully saturated rings. The molecule has 2 heterocycles. The van der Waals surface area contributed by atoms with Crippen molar-refractivity contribution in [2.45, 2.75) is 6.92 Å². The van der Waals surface area contributed by atoms with Gasteiger partial charge < -0.3 is 9.52 Å². The number of fused-ring (bicyclic) bond motifs is 1. The van der Waals surface area contributed by atoms with Crippen molar-refractivity contribution < 1.29 is 9.52 Å². The van der Waals surface area contributed by atoms with E-state index in [0.29, 0.717) is 16.7 Å². The highest BCUT2D eigenvalue weighted by atomic mass is 16.4. The highest BCUT2D eigenvalue weighted by molar-refractivity contribution is 5.79. The van der Waals surface area contributed by atoms with E-state index in [-0.39, 0.29) is 11.4 Å². The lowest BCUT2D eigenvalue weighted by Crippen LogP contribution is -2.10. The molecular formula is C18H13N3O3. The minimum Gasteiger partial charge on any atom is -0.508 e. The molecule has 2 aromatic heterocycles. The second-order valence-corrected chi connectivity index (χ2v) is 5.56. The van der Waals surface area contributed by atoms with E-state index in [4.69, 9.17) is 4.42 Å². The third-order valence-electron chi connectivity index (χ3n) is 3.79. The summed E-state index contributed by atoms with van der Waals surface area (Å²) in [4.78, 5) is 12.2. The van der Waals surface area contributed by atoms with Crippen LogP contribution in [0.25, 0.3) is 27.9 Å². The lowest BCUT2D eigenvalue weighted by Gasteiger charge is -2.01. The molecule has 0 spiro atoms. The fourth-order valence-corrected chi connectivity index (χ4v) is 2.49. The van der Waals surface area contributed by atoms with E-state index in [1.165, 1.54) is 16.8 Å². The molecule has 4 rings (SSSR count). The molecular weight excluding hydrogens is 306 g/mol. The van der Waals surface area contributed by atoms with Gasteiger partial charge in [-0.05, 0) is 25.1 Å². The van der Waals surface area contributed by atoms with E-state index >= 15 is 0 Å². The fraction of sp³-hybridized carbons (Fsp3) is 0.0556. The molecule has 118 valence electrons. The number of benzene rings is 2. The van der Waals surface area contributed by atoms with Gasteiger partial charge in [-0.15, -0.1) is 5.10 Å². The second kappa shape index (κ2) is 5.34. The minimum atomic E-state index is -0.548. The zero-order valence-corrected chi connectivity index (χ0v) is 12.8. The van der Waals surface area contributed by atoms with Crippen LogP contribution in [0.2, 0.25) is 0 Å². The van der Waals surface area contributed by atoms with E-state index in [0.717, 1.165) is 11.1 Å². The number of aromatic hydroxyl groups is 1. The topological polar surface area (TPSA) is 81.1 Å². The molecule has 0 atom stereocenters. The second-order valence-electron chi connectivity index (χ2n) is 5.56. The highest BCUT2D eigenvalue weighted by Gasteiger charge is 2.11. The van der Waals surface area contributed by atoms with Gasteiger partial charge in [0.1, 0.15) is 17.0 Å². The summed E-state index contributed by atoms with van der Waals surface area (Å²) in [7, 11) is 0. The molecule has 24 heavy (non-hydrogen) atoms. The van der Waals surface area contributed by atoms with Gasteiger partial charge in [0, 0.05) is 17.0 Å². The Morgan fingerprint density at radius 2 is 1.88 bits per heavy atom. The number of phenolic OH excluding ortho intramolecular Hbond substituents is 1. The molecule has 0 saturated carbocycles. The summed E-state index contributed by atoms with van der Waals surface area (Å²) in [5, 5.41) is 18.3. The summed E-state index contributed by atoms with van der Waals surface area (Å²) in [6, 6.07) is 14.2. The van der Waals surface area contributed by atoms with Gasteiger partial charge in [-0.1, -0.05) is 35.0 Å². The van der Waals surface area contributed by atoms with Gasteiger partial charge in [-0.25, -0.2) is 9.48 Å². The third-order valence-corrected chi connectivity index (χ3v) is 3.79. The van der Waals surface area contributed by atoms with Gasteiger partial charge >= 0.3 is 5.63 Å². The van der Waals surface area contributed by atoms with Gasteiger partial charge in [0.15, 0.2) is 5.69 Å². The Morgan fingerprint density at radius 1 is 1.08 bits per heavy atom. The average Bonchev–Trinajstić information content (AvgIpc) is 3.04. The number of aromatic nitrogens is 3. The van der Waals surface area contributed by atoms with Crippen LogP contribution in [-0.4, -0.2) is 20.1 Å². The van der Waals surface area contributed by atoms with Crippen molar-refractivity contribution in [1.29, 1.82) is 0 Å². The van der Waals surface area contributed by atoms with Crippen molar-refractivity contribution in [3.8, 4) is 22.7 Å². The highest BCUT2D eigenvalue weighted by Crippen LogP contribution is 2.21. The molecule has 6 nitrogen and oxygen atoms in total. The summed E-state index contributed by atoms with van der Waals surface area (Å²) >= 11 is 0. The lowest BCUT2D eigenvalue weighted by molar-refractivity contribution is 0.473. The zero-order valence-electron chi connectivity index (χ0n) is 12.8. The zero-order chi connectivity index (χ0) is 16.7. The third kappa shape index (κ3) is 2.44. The quantitative estimate of drug-likeness (QED) is 0.574. The van der Waals surface area contributed by atoms with Gasteiger partial charge in [-0.3, -0.25) is 0 Å². The summed E-state index contributed by atoms with van der Waals surface area (Å²) in [6.45, 7) is 2.01. The van der Waals surface area contributed by atoms with Gasteiger partial charge in [0.25, 0.3) is 0 Å². The summed E-state index contributed by atoms with van der Waals surface area (Å²) in [5.74, 6) is 0.0424. The van der Waals surface area contributed by atoms with Crippen molar-refractivity contribution in [3.63, 3.8) is 0 Å². The first-order valence-electron chi connectivity index (χ1n) is 7.37. The van der Waals surface area contributed by atoms with Crippen LogP contribution in [0.15, 0.2) is 63.9 Å². The molecule has 4 aromatic rings. The smallest absolute Gasteiger partial charge is 0.362 e. The molecule has 2 aromatic carbocycles. The van der Waals surface area contributed by atoms with Crippen LogP contribution in [0.1, 0.15) is 5.56 Å². The number of hydrogen-bond donors (Lipinski definition) is 1. The first-order valence-corrected chi connectivity index (χ1v) is 7.37. The molecule has 0 aliphatic heterocycles. The van der Waals surface area contributed by atoms with Crippen molar-refractivity contribution in [1.82, 2.24) is 15.0 Å². The molecule has 0 bridgehead atoms. The first-order chi connectivity index (χ1) is 11.6. The van der Waals surface area contributed by atoms with E-state index in [9.17, 15) is 9.90 Å². The van der Waals surface area contributed by atoms with Crippen LogP contribution in [0, 0.1) is 6.92 Å². The predicted molar refractivity (Wildman–Crippen MR) is 89.2 cm³/mol. The number of hydrogen-bond acceptors (Lipinski definition) is 5. The van der Waals surface area contributed by atoms with Crippen molar-refractivity contribution in [3.05, 3.63) is 70.7 Å². The van der Waals surface area contributed by atoms with Crippen molar-refractivity contribution >= 4 is 11.0 Å². The van der Waals surface area contributed by atoms with E-state index < -0.39 is 5.63 Å². The summed E-state index contributed by atoms with van der Waals surface area (Å²) in [6.07, 6.45) is 1.68. The average molecular weight is 319 g/mol. The molecule has 0 amide bonds. The Labute approximate surface area is 136 Å². The molecule has 0 aliphatic carbocycles. The largest absolute Gasteiger partial charge is 0.508 e. The molecule has 0 aliphatic rings. The van der Waals surface area contributed by atoms with Gasteiger partial charge in [-0.2, -0.15) is 0 Å². The van der Waals surface area contributed by atoms with Crippen LogP contribution in [0.4, 0.5) is 0 Å². The number of phenols is 1. The number of aryl methyl sites for hydroxylation is 1. The van der Waals surface area contributed by atoms with E-state index in [1.54, 1.807) is 18.3 Å². The summed E-state index contributed by atoms with van der Waals surface area (Å²) in [5.41, 5.74) is 2.78. The van der Waals surface area contributed by atoms with Crippen LogP contribution in [0.5, 0.6) is 5.75 Å². The first kappa shape index (κ1) is 14.2. The van der Waals surface area contributed by atoms with E-state index in [1.807, 2.05) is 31.2 Å². The number of nitrogens with zero attached hydrogens (tertiary/aromatic N) is 3. The maximum absolute atomic E-state index is 12.2. The van der Waals surface area contributed by atoms with Gasteiger partial charge in [0.2, 0.25) is 0 Å². The molecule has 6 heteroatoms. The van der Waals surface area contributed by atoms with Crippen LogP contribution in [-0.2, 0) is 0 Å². The maximum atomic E-state index is 12.2. The Bertz CT molecular complexity index is 1090. The maximum Gasteiger partial charge on any atom is 0.362 e. The summed E-state index contributed by atoms with van der Waals surface area (Å²) < 4.78 is 6.65. The molecule has 0 unspecified atom stereocenters. The van der Waals surface area contributed by atoms with E-state index in [2.05, 4.69) is 10.3 Å². The van der Waals surface area contributed by atoms with Crippen LogP contribution >= 0.6 is 0 Å². The molecule has 1 N–H and O–H groups in total. The minimum absolute atomic E-state index is 0.0424. The number of rotatable bonds is 2. The fourth-order valence-electron chi connectivity index (χ4n) is 2.49. The SMILES string of the molecule is Cc1ccc(-c2cn(-c3cc4ccc(O)cc4oc3=O)nn2)cc1. The van der Waals surface area contributed by atoms with Crippen molar-refractivity contribution in [2.75, 3.05) is 0 Å².